The monoisotopic (exact) mass is 791 g/mol. The number of aromatic nitrogens is 3. The second-order valence-electron chi connectivity index (χ2n) is 15.6. The molecule has 0 saturated heterocycles. The van der Waals surface area contributed by atoms with Gasteiger partial charge in [0.25, 0.3) is 0 Å². The fourth-order valence-electron chi connectivity index (χ4n) is 9.97. The first-order valence-electron chi connectivity index (χ1n) is 19.8. The SMILES string of the molecule is O=P1(c2ccc(-c3ccc4c(ccc5c6ccccc6c6nc7ccc(P8(=O)c9ccccc9-c9ccccc98)cc7n6c45)c3)nc2)c2ccccc2-c2ccccc21. The molecule has 11 aromatic rings. The summed E-state index contributed by atoms with van der Waals surface area (Å²) in [6.07, 6.45) is 1.80. The van der Waals surface area contributed by atoms with Crippen LogP contribution in [0.3, 0.4) is 0 Å². The van der Waals surface area contributed by atoms with Crippen LogP contribution >= 0.6 is 14.3 Å². The summed E-state index contributed by atoms with van der Waals surface area (Å²) in [5.41, 5.74) is 9.61. The van der Waals surface area contributed by atoms with Gasteiger partial charge in [0, 0.05) is 59.7 Å². The molecule has 0 amide bonds. The van der Waals surface area contributed by atoms with Gasteiger partial charge in [-0.25, -0.2) is 4.98 Å². The molecule has 5 nitrogen and oxygen atoms in total. The second-order valence-corrected chi connectivity index (χ2v) is 21.0. The molecular weight excluding hydrogens is 761 g/mol. The van der Waals surface area contributed by atoms with Crippen LogP contribution in [-0.2, 0) is 9.13 Å². The quantitative estimate of drug-likeness (QED) is 0.132. The number of imidazole rings is 1. The molecule has 2 aliphatic heterocycles. The zero-order valence-corrected chi connectivity index (χ0v) is 33.2. The first-order chi connectivity index (χ1) is 29.0. The lowest BCUT2D eigenvalue weighted by atomic mass is 9.98. The Kier molecular flexibility index (Phi) is 6.64. The summed E-state index contributed by atoms with van der Waals surface area (Å²) in [5.74, 6) is 0. The summed E-state index contributed by atoms with van der Waals surface area (Å²) in [5, 5.41) is 10.5. The fraction of sp³-hybridized carbons (Fsp3) is 0. The van der Waals surface area contributed by atoms with Crippen LogP contribution in [0.5, 0.6) is 0 Å². The molecule has 13 rings (SSSR count). The number of nitrogens with zero attached hydrogens (tertiary/aromatic N) is 3. The van der Waals surface area contributed by atoms with Crippen molar-refractivity contribution in [2.75, 3.05) is 0 Å². The van der Waals surface area contributed by atoms with Crippen molar-refractivity contribution in [1.29, 1.82) is 0 Å². The van der Waals surface area contributed by atoms with E-state index in [9.17, 15) is 0 Å². The maximum Gasteiger partial charge on any atom is 0.173 e. The molecule has 7 heteroatoms. The van der Waals surface area contributed by atoms with Crippen molar-refractivity contribution in [3.63, 3.8) is 0 Å². The Hall–Kier alpha value is -6.90. The highest BCUT2D eigenvalue weighted by molar-refractivity contribution is 7.87. The molecule has 3 aromatic heterocycles. The minimum Gasteiger partial charge on any atom is -0.309 e. The first-order valence-corrected chi connectivity index (χ1v) is 23.2. The van der Waals surface area contributed by atoms with Gasteiger partial charge in [0.1, 0.15) is 5.65 Å². The Balaban J connectivity index is 0.998. The van der Waals surface area contributed by atoms with E-state index in [2.05, 4.69) is 89.3 Å². The minimum absolute atomic E-state index is 0.734. The summed E-state index contributed by atoms with van der Waals surface area (Å²) in [7, 11) is -6.24. The third kappa shape index (κ3) is 4.31. The minimum atomic E-state index is -3.17. The van der Waals surface area contributed by atoms with E-state index < -0.39 is 14.3 Å². The lowest BCUT2D eigenvalue weighted by molar-refractivity contribution is 0.592. The van der Waals surface area contributed by atoms with Crippen molar-refractivity contribution < 1.29 is 9.13 Å². The van der Waals surface area contributed by atoms with Crippen molar-refractivity contribution in [2.45, 2.75) is 0 Å². The Morgan fingerprint density at radius 2 is 0.983 bits per heavy atom. The van der Waals surface area contributed by atoms with Crippen LogP contribution in [0.15, 0.2) is 188 Å². The van der Waals surface area contributed by atoms with Crippen molar-refractivity contribution in [3.05, 3.63) is 188 Å². The zero-order valence-electron chi connectivity index (χ0n) is 31.5. The highest BCUT2D eigenvalue weighted by Crippen LogP contribution is 2.53. The molecule has 0 fully saturated rings. The summed E-state index contributed by atoms with van der Waals surface area (Å²) < 4.78 is 32.9. The molecule has 276 valence electrons. The highest BCUT2D eigenvalue weighted by Gasteiger charge is 2.41. The van der Waals surface area contributed by atoms with Gasteiger partial charge in [-0.1, -0.05) is 146 Å². The zero-order chi connectivity index (χ0) is 39.0. The molecule has 0 aliphatic carbocycles. The van der Waals surface area contributed by atoms with Gasteiger partial charge in [0.05, 0.1) is 22.2 Å². The van der Waals surface area contributed by atoms with Crippen LogP contribution in [0.2, 0.25) is 0 Å². The van der Waals surface area contributed by atoms with E-state index in [1.807, 2.05) is 97.1 Å². The normalized spacial score (nSPS) is 14.5. The Labute approximate surface area is 339 Å². The van der Waals surface area contributed by atoms with Gasteiger partial charge in [-0.05, 0) is 69.4 Å². The smallest absolute Gasteiger partial charge is 0.173 e. The second kappa shape index (κ2) is 11.8. The largest absolute Gasteiger partial charge is 0.309 e. The van der Waals surface area contributed by atoms with Gasteiger partial charge in [-0.15, -0.1) is 0 Å². The summed E-state index contributed by atoms with van der Waals surface area (Å²) >= 11 is 0. The Morgan fingerprint density at radius 3 is 1.59 bits per heavy atom. The number of fused-ring (bicyclic) bond motifs is 16. The van der Waals surface area contributed by atoms with Crippen LogP contribution < -0.4 is 31.8 Å². The molecule has 0 saturated carbocycles. The first kappa shape index (κ1) is 33.1. The summed E-state index contributed by atoms with van der Waals surface area (Å²) in [6.45, 7) is 0. The molecule has 0 radical (unpaired) electrons. The number of benzene rings is 8. The van der Waals surface area contributed by atoms with Crippen LogP contribution in [0.25, 0.3) is 82.6 Å². The Bertz CT molecular complexity index is 3660. The standard InChI is InChI=1S/C52H31N3O2P2/c56-58(47-17-7-3-12-38(47)39-13-4-8-18-48(39)58)34-23-28-45-46(30-34)55-51-36-25-22-33(29-32(36)21-26-42(51)37-11-1-2-16-43(37)52(55)54-45)44-27-24-35(31-53-44)59(57)49-19-9-5-14-40(49)41-15-6-10-20-50(41)59/h1-31H. The van der Waals surface area contributed by atoms with Crippen molar-refractivity contribution in [3.8, 4) is 33.5 Å². The van der Waals surface area contributed by atoms with Crippen LogP contribution in [0.1, 0.15) is 0 Å². The molecule has 0 bridgehead atoms. The average molecular weight is 792 g/mol. The molecule has 59 heavy (non-hydrogen) atoms. The van der Waals surface area contributed by atoms with Crippen LogP contribution in [-0.4, -0.2) is 14.4 Å². The topological polar surface area (TPSA) is 64.3 Å². The van der Waals surface area contributed by atoms with Crippen LogP contribution in [0, 0.1) is 0 Å². The lowest BCUT2D eigenvalue weighted by Gasteiger charge is -2.17. The van der Waals surface area contributed by atoms with E-state index in [0.717, 1.165) is 114 Å². The summed E-state index contributed by atoms with van der Waals surface area (Å²) in [6, 6.07) is 61.8. The van der Waals surface area contributed by atoms with Gasteiger partial charge < -0.3 is 9.13 Å². The third-order valence-corrected chi connectivity index (χ3v) is 18.9. The molecule has 0 N–H and O–H groups in total. The van der Waals surface area contributed by atoms with E-state index in [4.69, 9.17) is 9.97 Å². The van der Waals surface area contributed by atoms with Crippen LogP contribution in [0.4, 0.5) is 0 Å². The highest BCUT2D eigenvalue weighted by atomic mass is 31.2. The molecule has 0 atom stereocenters. The number of hydrogen-bond donors (Lipinski definition) is 0. The van der Waals surface area contributed by atoms with E-state index in [-0.39, 0.29) is 0 Å². The predicted octanol–water partition coefficient (Wildman–Crippen LogP) is 10.2. The van der Waals surface area contributed by atoms with Crippen molar-refractivity contribution >= 4 is 95.2 Å². The molecular formula is C52H31N3O2P2. The number of rotatable bonds is 3. The molecule has 8 aromatic carbocycles. The molecule has 0 spiro atoms. The van der Waals surface area contributed by atoms with Gasteiger partial charge in [0.15, 0.2) is 14.3 Å². The van der Waals surface area contributed by atoms with E-state index in [1.54, 1.807) is 6.20 Å². The van der Waals surface area contributed by atoms with Crippen molar-refractivity contribution in [2.24, 2.45) is 0 Å². The maximum absolute atomic E-state index is 15.6. The van der Waals surface area contributed by atoms with Gasteiger partial charge >= 0.3 is 0 Å². The lowest BCUT2D eigenvalue weighted by Crippen LogP contribution is -2.21. The van der Waals surface area contributed by atoms with Gasteiger partial charge in [-0.2, -0.15) is 0 Å². The number of hydrogen-bond acceptors (Lipinski definition) is 4. The fourth-order valence-corrected chi connectivity index (χ4v) is 16.0. The molecule has 2 aliphatic rings. The summed E-state index contributed by atoms with van der Waals surface area (Å²) in [4.78, 5) is 10.2. The Morgan fingerprint density at radius 1 is 0.441 bits per heavy atom. The van der Waals surface area contributed by atoms with Gasteiger partial charge in [0.2, 0.25) is 0 Å². The average Bonchev–Trinajstić information content (AvgIpc) is 3.91. The molecule has 0 unspecified atom stereocenters. The predicted molar refractivity (Wildman–Crippen MR) is 245 cm³/mol. The van der Waals surface area contributed by atoms with E-state index >= 15 is 9.13 Å². The van der Waals surface area contributed by atoms with Gasteiger partial charge in [-0.3, -0.25) is 9.38 Å². The maximum atomic E-state index is 15.6. The third-order valence-electron chi connectivity index (χ3n) is 12.6. The number of pyridine rings is 2. The van der Waals surface area contributed by atoms with E-state index in [0.29, 0.717) is 0 Å². The molecule has 5 heterocycles. The van der Waals surface area contributed by atoms with E-state index in [1.165, 1.54) is 0 Å². The van der Waals surface area contributed by atoms with Crippen molar-refractivity contribution in [1.82, 2.24) is 14.4 Å².